The molecule has 0 aliphatic carbocycles. The van der Waals surface area contributed by atoms with E-state index in [4.69, 9.17) is 21.1 Å². The van der Waals surface area contributed by atoms with Gasteiger partial charge in [-0.1, -0.05) is 53.7 Å². The molecule has 2 heterocycles. The summed E-state index contributed by atoms with van der Waals surface area (Å²) in [6.07, 6.45) is 0. The normalized spacial score (nSPS) is 13.0. The SMILES string of the molecule is O=c1[nH]nc(SCc2cc(Cl)c3c(c2)OCCO3)n1Cc1ccccc1. The van der Waals surface area contributed by atoms with Gasteiger partial charge in [-0.25, -0.2) is 9.89 Å². The highest BCUT2D eigenvalue weighted by atomic mass is 35.5. The first-order valence-corrected chi connectivity index (χ1v) is 9.47. The van der Waals surface area contributed by atoms with E-state index >= 15 is 0 Å². The minimum atomic E-state index is -0.225. The summed E-state index contributed by atoms with van der Waals surface area (Å²) in [6.45, 7) is 1.48. The molecule has 2 aromatic carbocycles. The zero-order valence-electron chi connectivity index (χ0n) is 13.8. The lowest BCUT2D eigenvalue weighted by Crippen LogP contribution is -2.18. The molecular formula is C18H16ClN3O3S. The predicted octanol–water partition coefficient (Wildman–Crippen LogP) is 3.34. The lowest BCUT2D eigenvalue weighted by atomic mass is 10.2. The molecule has 1 aliphatic rings. The number of aromatic nitrogens is 3. The van der Waals surface area contributed by atoms with Crippen molar-refractivity contribution in [2.24, 2.45) is 0 Å². The topological polar surface area (TPSA) is 69.1 Å². The smallest absolute Gasteiger partial charge is 0.344 e. The van der Waals surface area contributed by atoms with Crippen molar-refractivity contribution in [1.29, 1.82) is 0 Å². The Bertz CT molecular complexity index is 972. The van der Waals surface area contributed by atoms with Gasteiger partial charge in [0.2, 0.25) is 0 Å². The van der Waals surface area contributed by atoms with Gasteiger partial charge < -0.3 is 9.47 Å². The van der Waals surface area contributed by atoms with Crippen molar-refractivity contribution in [2.75, 3.05) is 13.2 Å². The fourth-order valence-corrected chi connectivity index (χ4v) is 3.88. The van der Waals surface area contributed by atoms with Crippen molar-refractivity contribution < 1.29 is 9.47 Å². The Kier molecular flexibility index (Phi) is 4.90. The number of rotatable bonds is 5. The maximum atomic E-state index is 12.1. The van der Waals surface area contributed by atoms with E-state index in [0.29, 0.717) is 47.2 Å². The van der Waals surface area contributed by atoms with Gasteiger partial charge in [-0.2, -0.15) is 0 Å². The Morgan fingerprint density at radius 1 is 1.15 bits per heavy atom. The molecule has 1 aliphatic heterocycles. The highest BCUT2D eigenvalue weighted by Gasteiger charge is 2.17. The van der Waals surface area contributed by atoms with E-state index in [9.17, 15) is 4.79 Å². The summed E-state index contributed by atoms with van der Waals surface area (Å²) in [7, 11) is 0. The van der Waals surface area contributed by atoms with Crippen molar-refractivity contribution >= 4 is 23.4 Å². The van der Waals surface area contributed by atoms with Crippen LogP contribution in [-0.2, 0) is 12.3 Å². The average Bonchev–Trinajstić information content (AvgIpc) is 3.01. The largest absolute Gasteiger partial charge is 0.486 e. The number of nitrogens with zero attached hydrogens (tertiary/aromatic N) is 2. The third-order valence-corrected chi connectivity index (χ3v) is 5.26. The number of hydrogen-bond donors (Lipinski definition) is 1. The first-order valence-electron chi connectivity index (χ1n) is 8.10. The molecule has 0 saturated carbocycles. The van der Waals surface area contributed by atoms with Gasteiger partial charge in [0.15, 0.2) is 16.7 Å². The van der Waals surface area contributed by atoms with Crippen LogP contribution >= 0.6 is 23.4 Å². The first kappa shape index (κ1) is 17.1. The molecular weight excluding hydrogens is 374 g/mol. The molecule has 0 radical (unpaired) electrons. The van der Waals surface area contributed by atoms with Gasteiger partial charge in [0.25, 0.3) is 0 Å². The molecule has 0 fully saturated rings. The van der Waals surface area contributed by atoms with Crippen LogP contribution in [0, 0.1) is 0 Å². The van der Waals surface area contributed by atoms with E-state index in [-0.39, 0.29) is 5.69 Å². The minimum absolute atomic E-state index is 0.225. The molecule has 4 rings (SSSR count). The third-order valence-electron chi connectivity index (χ3n) is 3.93. The van der Waals surface area contributed by atoms with Gasteiger partial charge in [0, 0.05) is 5.75 Å². The molecule has 3 aromatic rings. The number of nitrogens with one attached hydrogen (secondary N) is 1. The quantitative estimate of drug-likeness (QED) is 0.678. The van der Waals surface area contributed by atoms with Crippen LogP contribution in [0.4, 0.5) is 0 Å². The molecule has 26 heavy (non-hydrogen) atoms. The number of thioether (sulfide) groups is 1. The fraction of sp³-hybridized carbons (Fsp3) is 0.222. The molecule has 0 atom stereocenters. The summed E-state index contributed by atoms with van der Waals surface area (Å²) < 4.78 is 12.8. The Morgan fingerprint density at radius 2 is 1.96 bits per heavy atom. The predicted molar refractivity (Wildman–Crippen MR) is 100 cm³/mol. The van der Waals surface area contributed by atoms with Gasteiger partial charge >= 0.3 is 5.69 Å². The number of ether oxygens (including phenoxy) is 2. The van der Waals surface area contributed by atoms with E-state index in [1.54, 1.807) is 4.57 Å². The fourth-order valence-electron chi connectivity index (χ4n) is 2.71. The second kappa shape index (κ2) is 7.47. The van der Waals surface area contributed by atoms with Crippen LogP contribution in [0.1, 0.15) is 11.1 Å². The second-order valence-electron chi connectivity index (χ2n) is 5.77. The minimum Gasteiger partial charge on any atom is -0.486 e. The summed E-state index contributed by atoms with van der Waals surface area (Å²) in [5.41, 5.74) is 1.79. The van der Waals surface area contributed by atoms with Gasteiger partial charge in [0.1, 0.15) is 13.2 Å². The van der Waals surface area contributed by atoms with E-state index < -0.39 is 0 Å². The van der Waals surface area contributed by atoms with Crippen LogP contribution < -0.4 is 15.2 Å². The number of aromatic amines is 1. The highest BCUT2D eigenvalue weighted by Crippen LogP contribution is 2.39. The summed E-state index contributed by atoms with van der Waals surface area (Å²) in [4.78, 5) is 12.1. The van der Waals surface area contributed by atoms with E-state index in [2.05, 4.69) is 10.2 Å². The molecule has 6 nitrogen and oxygen atoms in total. The molecule has 0 unspecified atom stereocenters. The Balaban J connectivity index is 1.52. The Morgan fingerprint density at radius 3 is 2.81 bits per heavy atom. The van der Waals surface area contributed by atoms with Crippen LogP contribution in [0.15, 0.2) is 52.4 Å². The summed E-state index contributed by atoms with van der Waals surface area (Å²) in [6, 6.07) is 13.6. The van der Waals surface area contributed by atoms with Crippen molar-refractivity contribution in [3.05, 3.63) is 69.1 Å². The Hall–Kier alpha value is -2.38. The zero-order chi connectivity index (χ0) is 17.9. The van der Waals surface area contributed by atoms with Gasteiger partial charge in [-0.3, -0.25) is 4.57 Å². The summed E-state index contributed by atoms with van der Waals surface area (Å²) in [5.74, 6) is 1.85. The van der Waals surface area contributed by atoms with Crippen LogP contribution in [-0.4, -0.2) is 28.0 Å². The van der Waals surface area contributed by atoms with Crippen molar-refractivity contribution in [3.8, 4) is 11.5 Å². The lowest BCUT2D eigenvalue weighted by molar-refractivity contribution is 0.171. The van der Waals surface area contributed by atoms with E-state index in [1.165, 1.54) is 11.8 Å². The molecule has 0 bridgehead atoms. The second-order valence-corrected chi connectivity index (χ2v) is 7.12. The zero-order valence-corrected chi connectivity index (χ0v) is 15.3. The summed E-state index contributed by atoms with van der Waals surface area (Å²) in [5, 5.41) is 7.82. The van der Waals surface area contributed by atoms with Crippen LogP contribution in [0.3, 0.4) is 0 Å². The Labute approximate surface area is 159 Å². The first-order chi connectivity index (χ1) is 12.7. The molecule has 134 valence electrons. The molecule has 1 N–H and O–H groups in total. The van der Waals surface area contributed by atoms with Crippen LogP contribution in [0.2, 0.25) is 5.02 Å². The maximum absolute atomic E-state index is 12.1. The van der Waals surface area contributed by atoms with E-state index in [1.807, 2.05) is 42.5 Å². The maximum Gasteiger partial charge on any atom is 0.344 e. The number of hydrogen-bond acceptors (Lipinski definition) is 5. The molecule has 0 saturated heterocycles. The van der Waals surface area contributed by atoms with E-state index in [0.717, 1.165) is 11.1 Å². The lowest BCUT2D eigenvalue weighted by Gasteiger charge is -2.20. The monoisotopic (exact) mass is 389 g/mol. The van der Waals surface area contributed by atoms with Crippen LogP contribution in [0.25, 0.3) is 0 Å². The molecule has 8 heteroatoms. The number of H-pyrrole nitrogens is 1. The van der Waals surface area contributed by atoms with Gasteiger partial charge in [-0.15, -0.1) is 5.10 Å². The third kappa shape index (κ3) is 3.59. The highest BCUT2D eigenvalue weighted by molar-refractivity contribution is 7.98. The summed E-state index contributed by atoms with van der Waals surface area (Å²) >= 11 is 7.75. The number of fused-ring (bicyclic) bond motifs is 1. The molecule has 0 amide bonds. The molecule has 0 spiro atoms. The van der Waals surface area contributed by atoms with Crippen LogP contribution in [0.5, 0.6) is 11.5 Å². The average molecular weight is 390 g/mol. The van der Waals surface area contributed by atoms with Gasteiger partial charge in [0.05, 0.1) is 11.6 Å². The van der Waals surface area contributed by atoms with Gasteiger partial charge in [-0.05, 0) is 23.3 Å². The number of benzene rings is 2. The standard InChI is InChI=1S/C18H16ClN3O3S/c19-14-8-13(9-15-16(14)25-7-6-24-15)11-26-18-21-20-17(23)22(18)10-12-4-2-1-3-5-12/h1-5,8-9H,6-7,10-11H2,(H,20,23). The van der Waals surface area contributed by atoms with Crippen molar-refractivity contribution in [3.63, 3.8) is 0 Å². The molecule has 1 aromatic heterocycles. The van der Waals surface area contributed by atoms with Crippen molar-refractivity contribution in [2.45, 2.75) is 17.5 Å². The number of halogens is 1. The van der Waals surface area contributed by atoms with Crippen molar-refractivity contribution in [1.82, 2.24) is 14.8 Å².